The maximum atomic E-state index is 12.0. The average Bonchev–Trinajstić information content (AvgIpc) is 2.39. The number of aromatic nitrogens is 2. The highest BCUT2D eigenvalue weighted by Crippen LogP contribution is 2.21. The minimum Gasteiger partial charge on any atom is -0.262 e. The number of rotatable bonds is 3. The zero-order chi connectivity index (χ0) is 13.9. The topological polar surface area (TPSA) is 95.7 Å². The van der Waals surface area contributed by atoms with Crippen LogP contribution in [-0.4, -0.2) is 18.6 Å². The lowest BCUT2D eigenvalue weighted by Crippen LogP contribution is -2.14. The van der Waals surface area contributed by atoms with E-state index in [2.05, 4.69) is 14.9 Å². The molecule has 0 amide bonds. The van der Waals surface area contributed by atoms with Crippen LogP contribution >= 0.6 is 11.6 Å². The third-order valence-electron chi connectivity index (χ3n) is 2.18. The molecular formula is C11H7ClN4O2S. The highest BCUT2D eigenvalue weighted by molar-refractivity contribution is 7.92. The fourth-order valence-corrected chi connectivity index (χ4v) is 2.62. The second-order valence-electron chi connectivity index (χ2n) is 3.47. The van der Waals surface area contributed by atoms with E-state index in [4.69, 9.17) is 16.9 Å². The highest BCUT2D eigenvalue weighted by atomic mass is 35.5. The zero-order valence-corrected chi connectivity index (χ0v) is 11.0. The first-order valence-corrected chi connectivity index (χ1v) is 6.89. The Labute approximate surface area is 114 Å². The first-order valence-electron chi connectivity index (χ1n) is 5.03. The summed E-state index contributed by atoms with van der Waals surface area (Å²) < 4.78 is 26.3. The van der Waals surface area contributed by atoms with Gasteiger partial charge in [-0.1, -0.05) is 11.6 Å². The van der Waals surface area contributed by atoms with Crippen molar-refractivity contribution >= 4 is 27.4 Å². The van der Waals surface area contributed by atoms with Crippen molar-refractivity contribution in [2.75, 3.05) is 4.72 Å². The van der Waals surface area contributed by atoms with Crippen LogP contribution in [0.2, 0.25) is 5.02 Å². The van der Waals surface area contributed by atoms with Gasteiger partial charge in [-0.05, 0) is 30.3 Å². The standard InChI is InChI=1S/C11H7ClN4O2S/c12-10-6-9(4-3-8(10)7-13)19(17,18)16-11-2-1-5-14-15-11/h1-6H,(H,15,16). The smallest absolute Gasteiger partial charge is 0.262 e. The van der Waals surface area contributed by atoms with Crippen molar-refractivity contribution in [1.82, 2.24) is 10.2 Å². The molecular weight excluding hydrogens is 288 g/mol. The lowest BCUT2D eigenvalue weighted by molar-refractivity contribution is 0.601. The van der Waals surface area contributed by atoms with Gasteiger partial charge in [0.05, 0.1) is 15.5 Å². The SMILES string of the molecule is N#Cc1ccc(S(=O)(=O)Nc2cccnn2)cc1Cl. The summed E-state index contributed by atoms with van der Waals surface area (Å²) in [5, 5.41) is 16.0. The molecule has 0 radical (unpaired) electrons. The maximum absolute atomic E-state index is 12.0. The van der Waals surface area contributed by atoms with Gasteiger partial charge in [0.15, 0.2) is 5.82 Å². The molecule has 0 fully saturated rings. The summed E-state index contributed by atoms with van der Waals surface area (Å²) in [6.07, 6.45) is 1.43. The van der Waals surface area contributed by atoms with Crippen LogP contribution in [0.3, 0.4) is 0 Å². The third-order valence-corrected chi connectivity index (χ3v) is 3.85. The molecule has 0 aliphatic heterocycles. The summed E-state index contributed by atoms with van der Waals surface area (Å²) in [6, 6.07) is 8.72. The van der Waals surface area contributed by atoms with Gasteiger partial charge in [-0.25, -0.2) is 8.42 Å². The van der Waals surface area contributed by atoms with Gasteiger partial charge in [-0.2, -0.15) is 10.4 Å². The predicted molar refractivity (Wildman–Crippen MR) is 69.0 cm³/mol. The van der Waals surface area contributed by atoms with Crippen molar-refractivity contribution in [3.05, 3.63) is 47.1 Å². The predicted octanol–water partition coefficient (Wildman–Crippen LogP) is 1.80. The van der Waals surface area contributed by atoms with Crippen molar-refractivity contribution in [1.29, 1.82) is 5.26 Å². The van der Waals surface area contributed by atoms with Crippen molar-refractivity contribution < 1.29 is 8.42 Å². The molecule has 6 nitrogen and oxygen atoms in total. The average molecular weight is 295 g/mol. The van der Waals surface area contributed by atoms with Gasteiger partial charge in [-0.15, -0.1) is 5.10 Å². The minimum absolute atomic E-state index is 0.0536. The van der Waals surface area contributed by atoms with E-state index in [9.17, 15) is 8.42 Å². The molecule has 8 heteroatoms. The number of anilines is 1. The number of hydrogen-bond acceptors (Lipinski definition) is 5. The Kier molecular flexibility index (Phi) is 3.64. The summed E-state index contributed by atoms with van der Waals surface area (Å²) in [4.78, 5) is -0.0536. The number of nitrogens with zero attached hydrogens (tertiary/aromatic N) is 3. The first kappa shape index (κ1) is 13.3. The molecule has 0 aliphatic rings. The van der Waals surface area contributed by atoms with Gasteiger partial charge in [0, 0.05) is 6.20 Å². The van der Waals surface area contributed by atoms with Crippen LogP contribution in [0.25, 0.3) is 0 Å². The van der Waals surface area contributed by atoms with E-state index in [1.807, 2.05) is 6.07 Å². The molecule has 0 spiro atoms. The summed E-state index contributed by atoms with van der Waals surface area (Å²) in [5.74, 6) is 0.1000. The van der Waals surface area contributed by atoms with Crippen LogP contribution in [0.15, 0.2) is 41.4 Å². The molecule has 2 aromatic rings. The molecule has 19 heavy (non-hydrogen) atoms. The summed E-state index contributed by atoms with van der Waals surface area (Å²) in [6.45, 7) is 0. The number of halogens is 1. The fraction of sp³-hybridized carbons (Fsp3) is 0. The van der Waals surface area contributed by atoms with Crippen molar-refractivity contribution in [2.24, 2.45) is 0 Å². The van der Waals surface area contributed by atoms with Gasteiger partial charge >= 0.3 is 0 Å². The number of sulfonamides is 1. The summed E-state index contributed by atoms with van der Waals surface area (Å²) in [5.41, 5.74) is 0.208. The van der Waals surface area contributed by atoms with Crippen LogP contribution < -0.4 is 4.72 Å². The van der Waals surface area contributed by atoms with Gasteiger partial charge < -0.3 is 0 Å². The van der Waals surface area contributed by atoms with Crippen molar-refractivity contribution in [3.8, 4) is 6.07 Å². The van der Waals surface area contributed by atoms with Crippen molar-refractivity contribution in [2.45, 2.75) is 4.90 Å². The first-order chi connectivity index (χ1) is 9.03. The van der Waals surface area contributed by atoms with E-state index in [1.54, 1.807) is 6.07 Å². The van der Waals surface area contributed by atoms with Gasteiger partial charge in [0.1, 0.15) is 6.07 Å². The Balaban J connectivity index is 2.36. The van der Waals surface area contributed by atoms with Crippen molar-refractivity contribution in [3.63, 3.8) is 0 Å². The van der Waals surface area contributed by atoms with Crippen LogP contribution in [0.4, 0.5) is 5.82 Å². The third kappa shape index (κ3) is 2.99. The number of nitriles is 1. The number of benzene rings is 1. The molecule has 0 aliphatic carbocycles. The molecule has 0 bridgehead atoms. The Morgan fingerprint density at radius 3 is 2.68 bits per heavy atom. The Hall–Kier alpha value is -2.17. The highest BCUT2D eigenvalue weighted by Gasteiger charge is 2.16. The van der Waals surface area contributed by atoms with E-state index >= 15 is 0 Å². The minimum atomic E-state index is -3.81. The molecule has 0 atom stereocenters. The Morgan fingerprint density at radius 1 is 1.32 bits per heavy atom. The van der Waals surface area contributed by atoms with Crippen LogP contribution in [-0.2, 0) is 10.0 Å². The van der Waals surface area contributed by atoms with Gasteiger partial charge in [-0.3, -0.25) is 4.72 Å². The molecule has 0 saturated heterocycles. The van der Waals surface area contributed by atoms with Gasteiger partial charge in [0.2, 0.25) is 0 Å². The van der Waals surface area contributed by atoms with E-state index in [0.29, 0.717) is 0 Å². The molecule has 96 valence electrons. The number of nitrogens with one attached hydrogen (secondary N) is 1. The van der Waals surface area contributed by atoms with Crippen LogP contribution in [0.5, 0.6) is 0 Å². The van der Waals surface area contributed by atoms with E-state index < -0.39 is 10.0 Å². The second-order valence-corrected chi connectivity index (χ2v) is 5.56. The molecule has 1 aromatic heterocycles. The largest absolute Gasteiger partial charge is 0.263 e. The monoisotopic (exact) mass is 294 g/mol. The maximum Gasteiger partial charge on any atom is 0.263 e. The summed E-state index contributed by atoms with van der Waals surface area (Å²) in [7, 11) is -3.81. The fourth-order valence-electron chi connectivity index (χ4n) is 1.31. The lowest BCUT2D eigenvalue weighted by atomic mass is 10.2. The lowest BCUT2D eigenvalue weighted by Gasteiger charge is -2.07. The molecule has 0 unspecified atom stereocenters. The Morgan fingerprint density at radius 2 is 2.11 bits per heavy atom. The summed E-state index contributed by atoms with van der Waals surface area (Å²) >= 11 is 5.80. The molecule has 1 heterocycles. The van der Waals surface area contributed by atoms with Crippen LogP contribution in [0.1, 0.15) is 5.56 Å². The second kappa shape index (κ2) is 5.22. The molecule has 2 rings (SSSR count). The van der Waals surface area contributed by atoms with E-state index in [0.717, 1.165) is 0 Å². The van der Waals surface area contributed by atoms with E-state index in [-0.39, 0.29) is 21.3 Å². The Bertz CT molecular complexity index is 741. The normalized spacial score (nSPS) is 10.7. The zero-order valence-electron chi connectivity index (χ0n) is 9.41. The van der Waals surface area contributed by atoms with E-state index in [1.165, 1.54) is 30.5 Å². The van der Waals surface area contributed by atoms with Crippen LogP contribution in [0, 0.1) is 11.3 Å². The molecule has 1 aromatic carbocycles. The number of hydrogen-bond donors (Lipinski definition) is 1. The quantitative estimate of drug-likeness (QED) is 0.931. The molecule has 0 saturated carbocycles. The molecule has 1 N–H and O–H groups in total. The van der Waals surface area contributed by atoms with Gasteiger partial charge in [0.25, 0.3) is 10.0 Å².